The van der Waals surface area contributed by atoms with Crippen molar-refractivity contribution in [3.8, 4) is 6.07 Å². The summed E-state index contributed by atoms with van der Waals surface area (Å²) in [5.74, 6) is 0.0287. The standard InChI is InChI=1S/C19H27N3O3/c1-6-22(7-2)17(23)12-11-15-14(13-20)9-8-10-16(15)21-18(24)25-19(3,4)5/h8-10H,6-7,11-12H2,1-5H3,(H,21,24). The van der Waals surface area contributed by atoms with Crippen LogP contribution in [-0.2, 0) is 16.0 Å². The highest BCUT2D eigenvalue weighted by Crippen LogP contribution is 2.23. The Labute approximate surface area is 149 Å². The van der Waals surface area contributed by atoms with E-state index in [-0.39, 0.29) is 12.3 Å². The van der Waals surface area contributed by atoms with Crippen molar-refractivity contribution in [3.63, 3.8) is 0 Å². The smallest absolute Gasteiger partial charge is 0.412 e. The number of nitrogens with zero attached hydrogens (tertiary/aromatic N) is 2. The molecule has 1 rings (SSSR count). The van der Waals surface area contributed by atoms with Gasteiger partial charge >= 0.3 is 6.09 Å². The summed E-state index contributed by atoms with van der Waals surface area (Å²) in [5.41, 5.74) is 0.980. The van der Waals surface area contributed by atoms with E-state index in [0.29, 0.717) is 36.3 Å². The summed E-state index contributed by atoms with van der Waals surface area (Å²) in [4.78, 5) is 26.0. The van der Waals surface area contributed by atoms with Gasteiger partial charge in [0.1, 0.15) is 5.60 Å². The third-order valence-corrected chi connectivity index (χ3v) is 3.64. The van der Waals surface area contributed by atoms with Gasteiger partial charge in [0, 0.05) is 25.2 Å². The van der Waals surface area contributed by atoms with E-state index in [0.717, 1.165) is 0 Å². The molecule has 1 aromatic carbocycles. The molecule has 0 bridgehead atoms. The molecule has 6 heteroatoms. The summed E-state index contributed by atoms with van der Waals surface area (Å²) in [5, 5.41) is 12.0. The van der Waals surface area contributed by atoms with Crippen LogP contribution in [-0.4, -0.2) is 35.6 Å². The average Bonchev–Trinajstić information content (AvgIpc) is 2.52. The van der Waals surface area contributed by atoms with Crippen LogP contribution < -0.4 is 5.32 Å². The third kappa shape index (κ3) is 6.46. The number of hydrogen-bond donors (Lipinski definition) is 1. The van der Waals surface area contributed by atoms with Crippen LogP contribution >= 0.6 is 0 Å². The molecule has 0 fully saturated rings. The number of carbonyl (C=O) groups is 2. The molecule has 25 heavy (non-hydrogen) atoms. The van der Waals surface area contributed by atoms with Gasteiger partial charge in [-0.2, -0.15) is 5.26 Å². The number of carbonyl (C=O) groups excluding carboxylic acids is 2. The summed E-state index contributed by atoms with van der Waals surface area (Å²) in [6.07, 6.45) is 0.0759. The summed E-state index contributed by atoms with van der Waals surface area (Å²) in [6.45, 7) is 10.5. The fourth-order valence-electron chi connectivity index (χ4n) is 2.46. The van der Waals surface area contributed by atoms with Crippen LogP contribution in [0, 0.1) is 11.3 Å². The van der Waals surface area contributed by atoms with E-state index in [9.17, 15) is 14.9 Å². The molecule has 0 heterocycles. The Morgan fingerprint density at radius 3 is 2.40 bits per heavy atom. The second kappa shape index (κ2) is 9.07. The predicted molar refractivity (Wildman–Crippen MR) is 97.3 cm³/mol. The first kappa shape index (κ1) is 20.5. The fourth-order valence-corrected chi connectivity index (χ4v) is 2.46. The first-order valence-corrected chi connectivity index (χ1v) is 8.51. The lowest BCUT2D eigenvalue weighted by atomic mass is 10.0. The molecule has 0 aliphatic carbocycles. The van der Waals surface area contributed by atoms with Crippen molar-refractivity contribution in [1.29, 1.82) is 5.26 Å². The molecule has 6 nitrogen and oxygen atoms in total. The lowest BCUT2D eigenvalue weighted by molar-refractivity contribution is -0.130. The zero-order valence-corrected chi connectivity index (χ0v) is 15.7. The van der Waals surface area contributed by atoms with Crippen LogP contribution in [0.4, 0.5) is 10.5 Å². The van der Waals surface area contributed by atoms with Crippen molar-refractivity contribution in [1.82, 2.24) is 4.90 Å². The second-order valence-electron chi connectivity index (χ2n) is 6.64. The normalized spacial score (nSPS) is 10.7. The molecule has 0 aromatic heterocycles. The Hall–Kier alpha value is -2.55. The van der Waals surface area contributed by atoms with Gasteiger partial charge < -0.3 is 9.64 Å². The molecular weight excluding hydrogens is 318 g/mol. The maximum Gasteiger partial charge on any atom is 0.412 e. The van der Waals surface area contributed by atoms with Crippen molar-refractivity contribution in [2.45, 2.75) is 53.1 Å². The van der Waals surface area contributed by atoms with Crippen molar-refractivity contribution >= 4 is 17.7 Å². The number of ether oxygens (including phenoxy) is 1. The van der Waals surface area contributed by atoms with Gasteiger partial charge in [0.05, 0.1) is 11.6 Å². The zero-order valence-electron chi connectivity index (χ0n) is 15.7. The number of benzene rings is 1. The zero-order chi connectivity index (χ0) is 19.0. The van der Waals surface area contributed by atoms with E-state index in [2.05, 4.69) is 11.4 Å². The lowest BCUT2D eigenvalue weighted by Gasteiger charge is -2.21. The van der Waals surface area contributed by atoms with Gasteiger partial charge in [-0.15, -0.1) is 0 Å². The van der Waals surface area contributed by atoms with Gasteiger partial charge in [0.25, 0.3) is 0 Å². The molecule has 1 aromatic rings. The Bertz CT molecular complexity index is 653. The Morgan fingerprint density at radius 2 is 1.88 bits per heavy atom. The van der Waals surface area contributed by atoms with Gasteiger partial charge in [-0.05, 0) is 58.7 Å². The summed E-state index contributed by atoms with van der Waals surface area (Å²) >= 11 is 0. The fraction of sp³-hybridized carbons (Fsp3) is 0.526. The molecule has 0 aliphatic heterocycles. The topological polar surface area (TPSA) is 82.4 Å². The highest BCUT2D eigenvalue weighted by atomic mass is 16.6. The van der Waals surface area contributed by atoms with Crippen molar-refractivity contribution < 1.29 is 14.3 Å². The number of anilines is 1. The molecular formula is C19H27N3O3. The van der Waals surface area contributed by atoms with Gasteiger partial charge in [-0.3, -0.25) is 10.1 Å². The van der Waals surface area contributed by atoms with Crippen LogP contribution in [0.1, 0.15) is 52.2 Å². The maximum absolute atomic E-state index is 12.2. The number of amides is 2. The third-order valence-electron chi connectivity index (χ3n) is 3.64. The van der Waals surface area contributed by atoms with E-state index in [1.807, 2.05) is 13.8 Å². The van der Waals surface area contributed by atoms with Crippen LogP contribution in [0.25, 0.3) is 0 Å². The van der Waals surface area contributed by atoms with E-state index in [4.69, 9.17) is 4.74 Å². The summed E-state index contributed by atoms with van der Waals surface area (Å²) in [6, 6.07) is 7.21. The van der Waals surface area contributed by atoms with Crippen LogP contribution in [0.15, 0.2) is 18.2 Å². The number of hydrogen-bond acceptors (Lipinski definition) is 4. The van der Waals surface area contributed by atoms with Crippen LogP contribution in [0.3, 0.4) is 0 Å². The molecule has 136 valence electrons. The Kier molecular flexibility index (Phi) is 7.43. The first-order chi connectivity index (χ1) is 11.7. The number of nitrogens with one attached hydrogen (secondary N) is 1. The van der Waals surface area contributed by atoms with E-state index < -0.39 is 11.7 Å². The predicted octanol–water partition coefficient (Wildman–Crippen LogP) is 3.71. The number of rotatable bonds is 6. The first-order valence-electron chi connectivity index (χ1n) is 8.51. The van der Waals surface area contributed by atoms with E-state index >= 15 is 0 Å². The molecule has 0 saturated carbocycles. The largest absolute Gasteiger partial charge is 0.444 e. The minimum absolute atomic E-state index is 0.0287. The van der Waals surface area contributed by atoms with Gasteiger partial charge in [-0.25, -0.2) is 4.79 Å². The van der Waals surface area contributed by atoms with Crippen molar-refractivity contribution in [2.75, 3.05) is 18.4 Å². The Balaban J connectivity index is 2.96. The highest BCUT2D eigenvalue weighted by molar-refractivity contribution is 5.87. The molecule has 0 radical (unpaired) electrons. The Morgan fingerprint density at radius 1 is 1.24 bits per heavy atom. The molecule has 0 atom stereocenters. The molecule has 2 amide bonds. The minimum atomic E-state index is -0.615. The molecule has 0 spiro atoms. The van der Waals surface area contributed by atoms with Gasteiger partial charge in [0.15, 0.2) is 0 Å². The van der Waals surface area contributed by atoms with E-state index in [1.54, 1.807) is 43.9 Å². The SMILES string of the molecule is CCN(CC)C(=O)CCc1c(C#N)cccc1NC(=O)OC(C)(C)C. The van der Waals surface area contributed by atoms with Crippen molar-refractivity contribution in [3.05, 3.63) is 29.3 Å². The van der Waals surface area contributed by atoms with Gasteiger partial charge in [-0.1, -0.05) is 6.07 Å². The van der Waals surface area contributed by atoms with E-state index in [1.165, 1.54) is 0 Å². The minimum Gasteiger partial charge on any atom is -0.444 e. The quantitative estimate of drug-likeness (QED) is 0.852. The van der Waals surface area contributed by atoms with Crippen molar-refractivity contribution in [2.24, 2.45) is 0 Å². The van der Waals surface area contributed by atoms with Crippen LogP contribution in [0.5, 0.6) is 0 Å². The average molecular weight is 345 g/mol. The molecule has 0 saturated heterocycles. The lowest BCUT2D eigenvalue weighted by Crippen LogP contribution is -2.30. The monoisotopic (exact) mass is 345 g/mol. The molecule has 0 aliphatic rings. The highest BCUT2D eigenvalue weighted by Gasteiger charge is 2.19. The molecule has 1 N–H and O–H groups in total. The second-order valence-corrected chi connectivity index (χ2v) is 6.64. The molecule has 0 unspecified atom stereocenters. The number of nitriles is 1. The summed E-state index contributed by atoms with van der Waals surface area (Å²) < 4.78 is 5.26. The van der Waals surface area contributed by atoms with Gasteiger partial charge in [0.2, 0.25) is 5.91 Å². The maximum atomic E-state index is 12.2. The van der Waals surface area contributed by atoms with Crippen LogP contribution in [0.2, 0.25) is 0 Å². The summed E-state index contributed by atoms with van der Waals surface area (Å²) in [7, 11) is 0.